The minimum absolute atomic E-state index is 0.189. The fourth-order valence-corrected chi connectivity index (χ4v) is 5.04. The van der Waals surface area contributed by atoms with Gasteiger partial charge in [-0.25, -0.2) is 8.78 Å². The Bertz CT molecular complexity index is 2110. The molecule has 6 rings (SSSR count). The van der Waals surface area contributed by atoms with E-state index in [-0.39, 0.29) is 24.7 Å². The highest BCUT2D eigenvalue weighted by molar-refractivity contribution is 6.31. The van der Waals surface area contributed by atoms with E-state index in [1.807, 2.05) is 18.2 Å². The van der Waals surface area contributed by atoms with Crippen LogP contribution < -0.4 is 11.1 Å². The molecule has 0 aliphatic rings. The number of halogens is 4. The Morgan fingerprint density at radius 3 is 1.83 bits per heavy atom. The second-order valence-electron chi connectivity index (χ2n) is 10.3. The van der Waals surface area contributed by atoms with Crippen molar-refractivity contribution in [2.75, 3.05) is 0 Å². The minimum atomic E-state index is -0.551. The molecule has 0 unspecified atom stereocenters. The average Bonchev–Trinajstić information content (AvgIpc) is 3.04. The van der Waals surface area contributed by atoms with Crippen molar-refractivity contribution in [3.05, 3.63) is 175 Å². The Balaban J connectivity index is 0.000000181. The fourth-order valence-electron chi connectivity index (χ4n) is 4.71. The van der Waals surface area contributed by atoms with E-state index < -0.39 is 22.7 Å². The molecule has 6 aromatic rings. The van der Waals surface area contributed by atoms with Gasteiger partial charge in [-0.05, 0) is 65.2 Å². The van der Waals surface area contributed by atoms with Crippen LogP contribution in [-0.4, -0.2) is 19.3 Å². The lowest BCUT2D eigenvalue weighted by molar-refractivity contribution is 0.459. The third kappa shape index (κ3) is 7.72. The maximum absolute atomic E-state index is 13.9. The summed E-state index contributed by atoms with van der Waals surface area (Å²) in [4.78, 5) is 24.2. The topological polar surface area (TPSA) is 84.5 Å². The number of pyridine rings is 2. The van der Waals surface area contributed by atoms with Crippen LogP contribution in [0, 0.1) is 11.6 Å². The fraction of sp³-hybridized carbons (Fsp3) is 0.0556. The lowest BCUT2D eigenvalue weighted by Crippen LogP contribution is -2.20. The van der Waals surface area contributed by atoms with E-state index in [1.54, 1.807) is 66.9 Å². The summed E-state index contributed by atoms with van der Waals surface area (Å²) >= 11 is 12.0. The summed E-state index contributed by atoms with van der Waals surface area (Å²) in [6.45, 7) is 0.433. The third-order valence-electron chi connectivity index (χ3n) is 7.06. The monoisotopic (exact) mass is 658 g/mol. The normalized spacial score (nSPS) is 10.7. The van der Waals surface area contributed by atoms with E-state index in [2.05, 4.69) is 0 Å². The van der Waals surface area contributed by atoms with Gasteiger partial charge in [0.2, 0.25) is 0 Å². The van der Waals surface area contributed by atoms with E-state index in [4.69, 9.17) is 23.2 Å². The number of hydrogen-bond acceptors (Lipinski definition) is 4. The molecular weight excluding hydrogens is 633 g/mol. The van der Waals surface area contributed by atoms with Crippen LogP contribution in [0.1, 0.15) is 11.1 Å². The predicted octanol–water partition coefficient (Wildman–Crippen LogP) is 8.12. The minimum Gasteiger partial charge on any atom is -0.503 e. The van der Waals surface area contributed by atoms with Gasteiger partial charge in [-0.1, -0.05) is 83.9 Å². The van der Waals surface area contributed by atoms with Gasteiger partial charge in [-0.2, -0.15) is 0 Å². The van der Waals surface area contributed by atoms with Crippen molar-refractivity contribution in [2.45, 2.75) is 13.1 Å². The SMILES string of the molecule is O=c1c(O)cc(-c2ccc(Cl)cc2)cn1Cc1ccc(F)cc1.O=c1c(O)cc(-c2ccccc2F)cn1Cc1ccccc1Cl. The molecule has 2 heterocycles. The molecule has 0 spiro atoms. The zero-order valence-electron chi connectivity index (χ0n) is 24.1. The average molecular weight is 660 g/mol. The molecule has 0 aliphatic heterocycles. The van der Waals surface area contributed by atoms with Crippen LogP contribution in [0.2, 0.25) is 10.0 Å². The summed E-state index contributed by atoms with van der Waals surface area (Å²) < 4.78 is 29.6. The van der Waals surface area contributed by atoms with Crippen molar-refractivity contribution in [1.82, 2.24) is 9.13 Å². The maximum Gasteiger partial charge on any atom is 0.292 e. The van der Waals surface area contributed by atoms with Gasteiger partial charge in [-0.3, -0.25) is 9.59 Å². The summed E-state index contributed by atoms with van der Waals surface area (Å²) in [5, 5.41) is 20.9. The maximum atomic E-state index is 13.9. The zero-order chi connectivity index (χ0) is 32.8. The number of hydrogen-bond donors (Lipinski definition) is 2. The molecular formula is C36H26Cl2F2N2O4. The Labute approximate surface area is 272 Å². The van der Waals surface area contributed by atoms with Crippen molar-refractivity contribution in [1.29, 1.82) is 0 Å². The highest BCUT2D eigenvalue weighted by Crippen LogP contribution is 2.25. The molecule has 232 valence electrons. The highest BCUT2D eigenvalue weighted by atomic mass is 35.5. The third-order valence-corrected chi connectivity index (χ3v) is 7.68. The summed E-state index contributed by atoms with van der Waals surface area (Å²) in [5.74, 6) is -1.52. The number of benzene rings is 4. The first-order valence-electron chi connectivity index (χ1n) is 13.9. The molecule has 0 aliphatic carbocycles. The van der Waals surface area contributed by atoms with Gasteiger partial charge in [0.05, 0.1) is 13.1 Å². The summed E-state index contributed by atoms with van der Waals surface area (Å²) in [5.41, 5.74) is 2.72. The molecule has 0 fully saturated rings. The largest absolute Gasteiger partial charge is 0.503 e. The summed E-state index contributed by atoms with van der Waals surface area (Å²) in [7, 11) is 0. The van der Waals surface area contributed by atoms with E-state index in [0.717, 1.165) is 16.7 Å². The van der Waals surface area contributed by atoms with E-state index >= 15 is 0 Å². The van der Waals surface area contributed by atoms with Crippen LogP contribution in [0.25, 0.3) is 22.3 Å². The lowest BCUT2D eigenvalue weighted by atomic mass is 10.1. The van der Waals surface area contributed by atoms with Gasteiger partial charge in [0.25, 0.3) is 11.1 Å². The van der Waals surface area contributed by atoms with Gasteiger partial charge < -0.3 is 19.3 Å². The van der Waals surface area contributed by atoms with Crippen LogP contribution in [0.3, 0.4) is 0 Å². The molecule has 2 N–H and O–H groups in total. The molecule has 4 aromatic carbocycles. The van der Waals surface area contributed by atoms with Gasteiger partial charge in [0.15, 0.2) is 11.5 Å². The first kappa shape index (κ1) is 32.2. The Hall–Kier alpha value is -5.18. The van der Waals surface area contributed by atoms with Gasteiger partial charge in [-0.15, -0.1) is 0 Å². The summed E-state index contributed by atoms with van der Waals surface area (Å²) in [6.07, 6.45) is 3.18. The number of aromatic hydroxyl groups is 2. The van der Waals surface area contributed by atoms with Crippen molar-refractivity contribution < 1.29 is 19.0 Å². The van der Waals surface area contributed by atoms with Crippen molar-refractivity contribution >= 4 is 23.2 Å². The van der Waals surface area contributed by atoms with Crippen molar-refractivity contribution in [2.24, 2.45) is 0 Å². The molecule has 0 saturated heterocycles. The second-order valence-corrected chi connectivity index (χ2v) is 11.1. The zero-order valence-corrected chi connectivity index (χ0v) is 25.6. The molecule has 10 heteroatoms. The van der Waals surface area contributed by atoms with Crippen molar-refractivity contribution in [3.63, 3.8) is 0 Å². The van der Waals surface area contributed by atoms with Crippen LogP contribution >= 0.6 is 23.2 Å². The molecule has 6 nitrogen and oxygen atoms in total. The highest BCUT2D eigenvalue weighted by Gasteiger charge is 2.12. The first-order valence-corrected chi connectivity index (χ1v) is 14.7. The van der Waals surface area contributed by atoms with Gasteiger partial charge in [0.1, 0.15) is 11.6 Å². The Kier molecular flexibility index (Phi) is 10.0. The standard InChI is InChI=1S/2C18H13ClFNO2/c19-15-5-3-13(4-6-15)14-9-17(22)18(23)21(11-14)10-12-1-7-16(20)8-2-12;19-15-7-3-1-5-12(15)10-21-11-13(9-17(22)18(21)23)14-6-2-4-8-16(14)20/h2*1-9,11,22H,10H2. The van der Waals surface area contributed by atoms with Gasteiger partial charge >= 0.3 is 0 Å². The molecule has 2 aromatic heterocycles. The van der Waals surface area contributed by atoms with Crippen molar-refractivity contribution in [3.8, 4) is 33.8 Å². The Morgan fingerprint density at radius 1 is 0.609 bits per heavy atom. The lowest BCUT2D eigenvalue weighted by Gasteiger charge is -2.11. The molecule has 0 amide bonds. The molecule has 0 atom stereocenters. The van der Waals surface area contributed by atoms with Gasteiger partial charge in [0, 0.05) is 39.1 Å². The molecule has 0 saturated carbocycles. The number of nitrogens with zero attached hydrogens (tertiary/aromatic N) is 2. The van der Waals surface area contributed by atoms with E-state index in [1.165, 1.54) is 45.7 Å². The second kappa shape index (κ2) is 14.3. The van der Waals surface area contributed by atoms with Crippen LogP contribution in [0.15, 0.2) is 131 Å². The smallest absolute Gasteiger partial charge is 0.292 e. The van der Waals surface area contributed by atoms with Crippen LogP contribution in [-0.2, 0) is 13.1 Å². The number of rotatable bonds is 6. The Morgan fingerprint density at radius 2 is 1.17 bits per heavy atom. The molecule has 0 bridgehead atoms. The van der Waals surface area contributed by atoms with Crippen LogP contribution in [0.5, 0.6) is 11.5 Å². The molecule has 46 heavy (non-hydrogen) atoms. The predicted molar refractivity (Wildman–Crippen MR) is 177 cm³/mol. The quantitative estimate of drug-likeness (QED) is 0.189. The first-order chi connectivity index (χ1) is 22.1. The van der Waals surface area contributed by atoms with E-state index in [0.29, 0.717) is 26.7 Å². The number of aromatic nitrogens is 2. The summed E-state index contributed by atoms with van der Waals surface area (Å²) in [6, 6.07) is 29.0. The van der Waals surface area contributed by atoms with Crippen LogP contribution in [0.4, 0.5) is 8.78 Å². The van der Waals surface area contributed by atoms with E-state index in [9.17, 15) is 28.6 Å². The molecule has 0 radical (unpaired) electrons.